The number of rotatable bonds is 5. The summed E-state index contributed by atoms with van der Waals surface area (Å²) in [5, 5.41) is 28.3. The first kappa shape index (κ1) is 26.4. The van der Waals surface area contributed by atoms with Crippen LogP contribution in [0.25, 0.3) is 75.7 Å². The average molecular weight is 647 g/mol. The van der Waals surface area contributed by atoms with Crippen molar-refractivity contribution in [3.8, 4) is 53.8 Å². The van der Waals surface area contributed by atoms with Gasteiger partial charge in [0.25, 0.3) is 0 Å². The van der Waals surface area contributed by atoms with Crippen LogP contribution in [0.1, 0.15) is 11.4 Å². The zero-order chi connectivity index (χ0) is 30.9. The Balaban J connectivity index is 1.02. The van der Waals surface area contributed by atoms with Gasteiger partial charge in [0.15, 0.2) is 5.01 Å². The first-order valence-electron chi connectivity index (χ1n) is 15.2. The molecule has 1 aliphatic heterocycles. The molecule has 0 spiro atoms. The lowest BCUT2D eigenvalue weighted by Crippen LogP contribution is -2.10. The van der Waals surface area contributed by atoms with Crippen molar-refractivity contribution in [2.24, 2.45) is 0 Å². The Hall–Kier alpha value is -5.78. The number of hydrogen-bond donors (Lipinski definition) is 0. The lowest BCUT2D eigenvalue weighted by Gasteiger charge is -2.11. The molecule has 0 radical (unpaired) electrons. The molecule has 9 aromatic rings. The van der Waals surface area contributed by atoms with E-state index in [0.29, 0.717) is 0 Å². The van der Waals surface area contributed by atoms with Crippen molar-refractivity contribution in [3.63, 3.8) is 0 Å². The standard InChI is InChI=1S/C36H22N8OS2/c1-3-7-21(8-4-1)33-38-28-14-12-25-19-29(41-44(25)36(28)47-33)23-11-15-31-26(17-23)27-18-24(13-16-32(27)45-31)43-30(20-37-42-43)35-40-39-34(46-35)22-9-5-2-6-10-22/h1-11,13,15-20H,12,14H2. The van der Waals surface area contributed by atoms with Crippen LogP contribution in [-0.2, 0) is 12.8 Å². The van der Waals surface area contributed by atoms with Crippen LogP contribution in [0.5, 0.6) is 0 Å². The summed E-state index contributed by atoms with van der Waals surface area (Å²) in [6.45, 7) is 0. The van der Waals surface area contributed by atoms with Crippen LogP contribution < -0.4 is 0 Å². The maximum atomic E-state index is 6.26. The fourth-order valence-electron chi connectivity index (χ4n) is 6.19. The molecule has 0 amide bonds. The number of hydrogen-bond acceptors (Lipinski definition) is 9. The van der Waals surface area contributed by atoms with Crippen molar-refractivity contribution in [1.82, 2.24) is 40.0 Å². The normalized spacial score (nSPS) is 12.5. The number of benzene rings is 4. The van der Waals surface area contributed by atoms with Crippen LogP contribution in [0.3, 0.4) is 0 Å². The van der Waals surface area contributed by atoms with E-state index in [0.717, 1.165) is 94.3 Å². The molecule has 1 aliphatic rings. The Morgan fingerprint density at radius 3 is 2.21 bits per heavy atom. The molecule has 6 heterocycles. The summed E-state index contributed by atoms with van der Waals surface area (Å²) in [6.07, 6.45) is 3.54. The van der Waals surface area contributed by atoms with Gasteiger partial charge in [0.1, 0.15) is 31.9 Å². The Bertz CT molecular complexity index is 2590. The Labute approximate surface area is 275 Å². The third-order valence-electron chi connectivity index (χ3n) is 8.50. The number of fused-ring (bicyclic) bond motifs is 6. The van der Waals surface area contributed by atoms with Crippen molar-refractivity contribution >= 4 is 44.6 Å². The van der Waals surface area contributed by atoms with Crippen molar-refractivity contribution in [2.75, 3.05) is 0 Å². The minimum Gasteiger partial charge on any atom is -0.456 e. The van der Waals surface area contributed by atoms with E-state index in [9.17, 15) is 0 Å². The van der Waals surface area contributed by atoms with Gasteiger partial charge in [-0.3, -0.25) is 0 Å². The first-order valence-corrected chi connectivity index (χ1v) is 16.8. The number of aromatic nitrogens is 8. The molecule has 0 saturated heterocycles. The minimum atomic E-state index is 0.747. The third-order valence-corrected chi connectivity index (χ3v) is 10.6. The van der Waals surface area contributed by atoms with E-state index in [-0.39, 0.29) is 0 Å². The zero-order valence-electron chi connectivity index (χ0n) is 24.6. The Kier molecular flexibility index (Phi) is 5.84. The van der Waals surface area contributed by atoms with Gasteiger partial charge in [0, 0.05) is 33.2 Å². The number of nitrogens with zero attached hydrogens (tertiary/aromatic N) is 8. The van der Waals surface area contributed by atoms with Crippen LogP contribution in [0.15, 0.2) is 114 Å². The third kappa shape index (κ3) is 4.35. The molecule has 47 heavy (non-hydrogen) atoms. The summed E-state index contributed by atoms with van der Waals surface area (Å²) in [5.74, 6) is 0. The second-order valence-electron chi connectivity index (χ2n) is 11.4. The molecular formula is C36H22N8OS2. The van der Waals surface area contributed by atoms with Gasteiger partial charge in [-0.25, -0.2) is 14.3 Å². The van der Waals surface area contributed by atoms with Crippen molar-refractivity contribution in [3.05, 3.63) is 121 Å². The first-order chi connectivity index (χ1) is 23.2. The van der Waals surface area contributed by atoms with Gasteiger partial charge < -0.3 is 4.42 Å². The highest BCUT2D eigenvalue weighted by molar-refractivity contribution is 7.18. The summed E-state index contributed by atoms with van der Waals surface area (Å²) in [4.78, 5) is 4.97. The van der Waals surface area contributed by atoms with Gasteiger partial charge in [-0.15, -0.1) is 15.3 Å². The quantitative estimate of drug-likeness (QED) is 0.185. The van der Waals surface area contributed by atoms with E-state index in [1.807, 2.05) is 54.6 Å². The zero-order valence-corrected chi connectivity index (χ0v) is 26.2. The average Bonchev–Trinajstić information content (AvgIpc) is 3.96. The van der Waals surface area contributed by atoms with Gasteiger partial charge >= 0.3 is 0 Å². The van der Waals surface area contributed by atoms with Crippen LogP contribution in [-0.4, -0.2) is 40.0 Å². The molecule has 5 aromatic heterocycles. The summed E-state index contributed by atoms with van der Waals surface area (Å²) in [5.41, 5.74) is 9.69. The van der Waals surface area contributed by atoms with Gasteiger partial charge in [0.05, 0.1) is 23.3 Å². The second kappa shape index (κ2) is 10.4. The molecule has 4 aromatic carbocycles. The summed E-state index contributed by atoms with van der Waals surface area (Å²) in [7, 11) is 0. The molecule has 11 heteroatoms. The van der Waals surface area contributed by atoms with E-state index in [1.165, 1.54) is 17.0 Å². The predicted octanol–water partition coefficient (Wildman–Crippen LogP) is 8.43. The van der Waals surface area contributed by atoms with E-state index < -0.39 is 0 Å². The molecule has 0 aliphatic carbocycles. The summed E-state index contributed by atoms with van der Waals surface area (Å²) < 4.78 is 10.1. The van der Waals surface area contributed by atoms with Crippen molar-refractivity contribution < 1.29 is 4.42 Å². The minimum absolute atomic E-state index is 0.747. The second-order valence-corrected chi connectivity index (χ2v) is 13.3. The fourth-order valence-corrected chi connectivity index (χ4v) is 8.14. The predicted molar refractivity (Wildman–Crippen MR) is 184 cm³/mol. The lowest BCUT2D eigenvalue weighted by molar-refractivity contribution is 0.668. The molecule has 0 atom stereocenters. The highest BCUT2D eigenvalue weighted by atomic mass is 32.1. The smallest absolute Gasteiger partial charge is 0.168 e. The highest BCUT2D eigenvalue weighted by Gasteiger charge is 2.24. The van der Waals surface area contributed by atoms with Crippen LogP contribution in [0, 0.1) is 0 Å². The Morgan fingerprint density at radius 1 is 0.638 bits per heavy atom. The number of furan rings is 1. The largest absolute Gasteiger partial charge is 0.456 e. The fraction of sp³-hybridized carbons (Fsp3) is 0.0556. The van der Waals surface area contributed by atoms with E-state index in [2.05, 4.69) is 73.7 Å². The number of thiazole rings is 1. The molecule has 10 rings (SSSR count). The molecule has 224 valence electrons. The molecule has 0 N–H and O–H groups in total. The van der Waals surface area contributed by atoms with Crippen LogP contribution >= 0.6 is 22.7 Å². The van der Waals surface area contributed by atoms with Crippen LogP contribution in [0.4, 0.5) is 0 Å². The molecule has 0 unspecified atom stereocenters. The van der Waals surface area contributed by atoms with E-state index >= 15 is 0 Å². The van der Waals surface area contributed by atoms with Crippen LogP contribution in [0.2, 0.25) is 0 Å². The van der Waals surface area contributed by atoms with Gasteiger partial charge in [-0.2, -0.15) is 5.10 Å². The van der Waals surface area contributed by atoms with Gasteiger partial charge in [-0.05, 0) is 55.3 Å². The molecule has 0 fully saturated rings. The van der Waals surface area contributed by atoms with Crippen molar-refractivity contribution in [2.45, 2.75) is 12.8 Å². The topological polar surface area (TPSA) is 100 Å². The number of aryl methyl sites for hydroxylation is 2. The van der Waals surface area contributed by atoms with E-state index in [1.54, 1.807) is 22.2 Å². The maximum absolute atomic E-state index is 6.26. The lowest BCUT2D eigenvalue weighted by atomic mass is 10.1. The maximum Gasteiger partial charge on any atom is 0.168 e. The SMILES string of the molecule is c1ccc(-c2nnc(-c3cnnn3-c3ccc4oc5ccc(-c6cc7n(n6)-c6sc(-c8ccccc8)nc6CC7)cc5c4c3)s2)cc1. The molecule has 0 bridgehead atoms. The monoisotopic (exact) mass is 646 g/mol. The summed E-state index contributed by atoms with van der Waals surface area (Å²) in [6, 6.07) is 34.9. The Morgan fingerprint density at radius 2 is 1.38 bits per heavy atom. The summed E-state index contributed by atoms with van der Waals surface area (Å²) >= 11 is 3.21. The molecule has 0 saturated carbocycles. The van der Waals surface area contributed by atoms with Gasteiger partial charge in [-0.1, -0.05) is 88.6 Å². The highest BCUT2D eigenvalue weighted by Crippen LogP contribution is 2.38. The molecular weight excluding hydrogens is 625 g/mol. The van der Waals surface area contributed by atoms with Crippen molar-refractivity contribution in [1.29, 1.82) is 0 Å². The van der Waals surface area contributed by atoms with Gasteiger partial charge in [0.2, 0.25) is 0 Å². The van der Waals surface area contributed by atoms with E-state index in [4.69, 9.17) is 14.5 Å². The molecule has 9 nitrogen and oxygen atoms in total.